The van der Waals surface area contributed by atoms with Gasteiger partial charge in [0.15, 0.2) is 0 Å². The van der Waals surface area contributed by atoms with Gasteiger partial charge in [-0.3, -0.25) is 4.79 Å². The Labute approximate surface area is 143 Å². The van der Waals surface area contributed by atoms with Gasteiger partial charge in [-0.25, -0.2) is 0 Å². The van der Waals surface area contributed by atoms with E-state index in [4.69, 9.17) is 0 Å². The van der Waals surface area contributed by atoms with Gasteiger partial charge in [-0.2, -0.15) is 0 Å². The average molecular weight is 326 g/mol. The van der Waals surface area contributed by atoms with E-state index in [9.17, 15) is 9.90 Å². The third kappa shape index (κ3) is 3.54. The molecule has 1 unspecified atom stereocenters. The highest BCUT2D eigenvalue weighted by atomic mass is 16.3. The second-order valence-electron chi connectivity index (χ2n) is 7.35. The van der Waals surface area contributed by atoms with Crippen molar-refractivity contribution in [1.29, 1.82) is 0 Å². The number of carbonyl (C=O) groups excluding carboxylic acids is 1. The Morgan fingerprint density at radius 1 is 1.25 bits per heavy atom. The smallest absolute Gasteiger partial charge is 0.267 e. The molecule has 0 bridgehead atoms. The lowest BCUT2D eigenvalue weighted by Crippen LogP contribution is -2.37. The van der Waals surface area contributed by atoms with Gasteiger partial charge in [-0.05, 0) is 36.0 Å². The predicted octanol–water partition coefficient (Wildman–Crippen LogP) is 3.36. The molecule has 1 aliphatic rings. The van der Waals surface area contributed by atoms with Crippen molar-refractivity contribution in [3.63, 3.8) is 0 Å². The Morgan fingerprint density at radius 3 is 2.58 bits per heavy atom. The predicted molar refractivity (Wildman–Crippen MR) is 95.1 cm³/mol. The Morgan fingerprint density at radius 2 is 1.96 bits per heavy atom. The minimum absolute atomic E-state index is 0.0402. The van der Waals surface area contributed by atoms with Gasteiger partial charge in [0, 0.05) is 31.3 Å². The molecule has 1 aromatic heterocycles. The van der Waals surface area contributed by atoms with E-state index in [1.54, 1.807) is 0 Å². The highest BCUT2D eigenvalue weighted by molar-refractivity contribution is 5.92. The molecule has 1 aromatic carbocycles. The topological polar surface area (TPSA) is 54.3 Å². The SMILES string of the molecule is CC(C)(CO)C(CNC(=O)c1cccn1C1CC1)c1ccccc1. The third-order valence-electron chi connectivity index (χ3n) is 4.97. The fourth-order valence-corrected chi connectivity index (χ4v) is 3.18. The van der Waals surface area contributed by atoms with Crippen molar-refractivity contribution in [3.8, 4) is 0 Å². The third-order valence-corrected chi connectivity index (χ3v) is 4.97. The van der Waals surface area contributed by atoms with Crippen molar-refractivity contribution in [2.75, 3.05) is 13.2 Å². The summed E-state index contributed by atoms with van der Waals surface area (Å²) in [5.41, 5.74) is 1.55. The number of aromatic nitrogens is 1. The number of benzene rings is 1. The highest BCUT2D eigenvalue weighted by Crippen LogP contribution is 2.36. The van der Waals surface area contributed by atoms with Crippen LogP contribution in [0.3, 0.4) is 0 Å². The first-order valence-corrected chi connectivity index (χ1v) is 8.64. The van der Waals surface area contributed by atoms with Gasteiger partial charge in [-0.15, -0.1) is 0 Å². The second kappa shape index (κ2) is 6.81. The Bertz CT molecular complexity index is 687. The lowest BCUT2D eigenvalue weighted by molar-refractivity contribution is 0.0911. The fraction of sp³-hybridized carbons (Fsp3) is 0.450. The lowest BCUT2D eigenvalue weighted by Gasteiger charge is -2.33. The summed E-state index contributed by atoms with van der Waals surface area (Å²) in [6.45, 7) is 4.64. The number of nitrogens with zero attached hydrogens (tertiary/aromatic N) is 1. The zero-order chi connectivity index (χ0) is 17.2. The molecule has 1 saturated carbocycles. The first-order chi connectivity index (χ1) is 11.5. The molecule has 1 amide bonds. The van der Waals surface area contributed by atoms with E-state index in [1.807, 2.05) is 50.4 Å². The minimum Gasteiger partial charge on any atom is -0.396 e. The molecule has 1 heterocycles. The van der Waals surface area contributed by atoms with Crippen molar-refractivity contribution in [2.24, 2.45) is 5.41 Å². The number of hydrogen-bond acceptors (Lipinski definition) is 2. The molecule has 0 aliphatic heterocycles. The van der Waals surface area contributed by atoms with Gasteiger partial charge >= 0.3 is 0 Å². The van der Waals surface area contributed by atoms with E-state index in [2.05, 4.69) is 22.0 Å². The lowest BCUT2D eigenvalue weighted by atomic mass is 9.75. The molecular formula is C20H26N2O2. The molecule has 1 atom stereocenters. The van der Waals surface area contributed by atoms with Crippen molar-refractivity contribution in [2.45, 2.75) is 38.6 Å². The first-order valence-electron chi connectivity index (χ1n) is 8.64. The molecule has 2 aromatic rings. The molecule has 0 spiro atoms. The molecule has 3 rings (SSSR count). The van der Waals surface area contributed by atoms with Gasteiger partial charge in [0.1, 0.15) is 5.69 Å². The summed E-state index contributed by atoms with van der Waals surface area (Å²) in [5.74, 6) is 0.0126. The summed E-state index contributed by atoms with van der Waals surface area (Å²) in [5, 5.41) is 12.9. The molecule has 0 radical (unpaired) electrons. The molecule has 4 nitrogen and oxygen atoms in total. The van der Waals surface area contributed by atoms with Crippen LogP contribution in [0.1, 0.15) is 54.7 Å². The van der Waals surface area contributed by atoms with Gasteiger partial charge in [0.25, 0.3) is 5.91 Å². The zero-order valence-corrected chi connectivity index (χ0v) is 14.4. The van der Waals surface area contributed by atoms with E-state index in [0.29, 0.717) is 12.6 Å². The maximum atomic E-state index is 12.6. The first kappa shape index (κ1) is 16.8. The number of aliphatic hydroxyl groups is 1. The number of aliphatic hydroxyl groups excluding tert-OH is 1. The Kier molecular flexibility index (Phi) is 4.76. The van der Waals surface area contributed by atoms with E-state index < -0.39 is 0 Å². The van der Waals surface area contributed by atoms with E-state index in [-0.39, 0.29) is 23.8 Å². The van der Waals surface area contributed by atoms with Crippen LogP contribution in [0.4, 0.5) is 0 Å². The number of amides is 1. The number of rotatable bonds is 7. The average Bonchev–Trinajstić information content (AvgIpc) is 3.32. The van der Waals surface area contributed by atoms with Crippen LogP contribution in [-0.2, 0) is 0 Å². The summed E-state index contributed by atoms with van der Waals surface area (Å²) in [6, 6.07) is 14.4. The fourth-order valence-electron chi connectivity index (χ4n) is 3.18. The molecule has 1 fully saturated rings. The van der Waals surface area contributed by atoms with Gasteiger partial charge in [0.05, 0.1) is 0 Å². The maximum absolute atomic E-state index is 12.6. The quantitative estimate of drug-likeness (QED) is 0.820. The molecule has 24 heavy (non-hydrogen) atoms. The normalized spacial score (nSPS) is 16.0. The molecule has 2 N–H and O–H groups in total. The summed E-state index contributed by atoms with van der Waals surface area (Å²) >= 11 is 0. The van der Waals surface area contributed by atoms with Crippen LogP contribution in [0, 0.1) is 5.41 Å². The van der Waals surface area contributed by atoms with Gasteiger partial charge in [-0.1, -0.05) is 44.2 Å². The second-order valence-corrected chi connectivity index (χ2v) is 7.35. The van der Waals surface area contributed by atoms with Crippen LogP contribution in [0.2, 0.25) is 0 Å². The summed E-state index contributed by atoms with van der Waals surface area (Å²) in [6.07, 6.45) is 4.29. The van der Waals surface area contributed by atoms with Crippen molar-refractivity contribution in [1.82, 2.24) is 9.88 Å². The van der Waals surface area contributed by atoms with Crippen LogP contribution in [0.25, 0.3) is 0 Å². The number of hydrogen-bond donors (Lipinski definition) is 2. The van der Waals surface area contributed by atoms with Crippen LogP contribution in [0.5, 0.6) is 0 Å². The number of carbonyl (C=O) groups is 1. The zero-order valence-electron chi connectivity index (χ0n) is 14.4. The molecule has 1 aliphatic carbocycles. The van der Waals surface area contributed by atoms with Crippen molar-refractivity contribution >= 4 is 5.91 Å². The highest BCUT2D eigenvalue weighted by Gasteiger charge is 2.31. The van der Waals surface area contributed by atoms with Crippen LogP contribution < -0.4 is 5.32 Å². The Hall–Kier alpha value is -2.07. The molecule has 0 saturated heterocycles. The van der Waals surface area contributed by atoms with Crippen molar-refractivity contribution in [3.05, 3.63) is 59.9 Å². The van der Waals surface area contributed by atoms with E-state index >= 15 is 0 Å². The maximum Gasteiger partial charge on any atom is 0.267 e. The van der Waals surface area contributed by atoms with Crippen LogP contribution in [0.15, 0.2) is 48.7 Å². The summed E-state index contributed by atoms with van der Waals surface area (Å²) in [7, 11) is 0. The molecule has 128 valence electrons. The van der Waals surface area contributed by atoms with Crippen LogP contribution in [-0.4, -0.2) is 28.7 Å². The monoisotopic (exact) mass is 326 g/mol. The number of nitrogens with one attached hydrogen (secondary N) is 1. The Balaban J connectivity index is 1.73. The molecular weight excluding hydrogens is 300 g/mol. The standard InChI is InChI=1S/C20H26N2O2/c1-20(2,14-23)17(15-7-4-3-5-8-15)13-21-19(24)18-9-6-12-22(18)16-10-11-16/h3-9,12,16-17,23H,10-11,13-14H2,1-2H3,(H,21,24). The van der Waals surface area contributed by atoms with E-state index in [1.165, 1.54) is 0 Å². The van der Waals surface area contributed by atoms with Gasteiger partial charge < -0.3 is 15.0 Å². The van der Waals surface area contributed by atoms with Crippen molar-refractivity contribution < 1.29 is 9.90 Å². The minimum atomic E-state index is -0.312. The largest absolute Gasteiger partial charge is 0.396 e. The molecule has 4 heteroatoms. The van der Waals surface area contributed by atoms with Crippen LogP contribution >= 0.6 is 0 Å². The van der Waals surface area contributed by atoms with Gasteiger partial charge in [0.2, 0.25) is 0 Å². The summed E-state index contributed by atoms with van der Waals surface area (Å²) in [4.78, 5) is 12.6. The van der Waals surface area contributed by atoms with E-state index in [0.717, 1.165) is 24.1 Å². The summed E-state index contributed by atoms with van der Waals surface area (Å²) < 4.78 is 2.07.